The highest BCUT2D eigenvalue weighted by atomic mass is 16.4. The first-order valence-corrected chi connectivity index (χ1v) is 5.73. The highest BCUT2D eigenvalue weighted by molar-refractivity contribution is 5.83. The summed E-state index contributed by atoms with van der Waals surface area (Å²) in [5.41, 5.74) is 3.65. The van der Waals surface area contributed by atoms with Crippen molar-refractivity contribution >= 4 is 11.7 Å². The first kappa shape index (κ1) is 13.6. The summed E-state index contributed by atoms with van der Waals surface area (Å²) in [5.74, 6) is -0.822. The van der Waals surface area contributed by atoms with E-state index in [-0.39, 0.29) is 0 Å². The Bertz CT molecular complexity index is 450. The van der Waals surface area contributed by atoms with Crippen molar-refractivity contribution < 1.29 is 9.90 Å². The third kappa shape index (κ3) is 2.28. The summed E-state index contributed by atoms with van der Waals surface area (Å²) < 4.78 is 0. The zero-order chi connectivity index (χ0) is 13.4. The number of rotatable bonds is 3. The Hall–Kier alpha value is -1.51. The molecule has 0 aromatic heterocycles. The molecular formula is C14H21NO2. The van der Waals surface area contributed by atoms with Crippen LogP contribution in [-0.2, 0) is 4.79 Å². The average Bonchev–Trinajstić information content (AvgIpc) is 2.25. The number of aliphatic carboxylic acids is 1. The van der Waals surface area contributed by atoms with Crippen LogP contribution in [0.15, 0.2) is 12.1 Å². The molecule has 0 saturated heterocycles. The van der Waals surface area contributed by atoms with Crippen LogP contribution >= 0.6 is 0 Å². The number of anilines is 1. The van der Waals surface area contributed by atoms with Crippen LogP contribution in [0.3, 0.4) is 0 Å². The smallest absolute Gasteiger partial charge is 0.328 e. The van der Waals surface area contributed by atoms with Crippen molar-refractivity contribution in [3.63, 3.8) is 0 Å². The van der Waals surface area contributed by atoms with Crippen LogP contribution in [0.5, 0.6) is 0 Å². The molecule has 0 amide bonds. The molecule has 1 aromatic rings. The second kappa shape index (κ2) is 4.40. The van der Waals surface area contributed by atoms with Gasteiger partial charge in [-0.05, 0) is 57.4 Å². The van der Waals surface area contributed by atoms with Gasteiger partial charge >= 0.3 is 5.97 Å². The summed E-state index contributed by atoms with van der Waals surface area (Å²) in [6, 6.07) is 4.02. The van der Waals surface area contributed by atoms with E-state index in [0.717, 1.165) is 11.3 Å². The van der Waals surface area contributed by atoms with Gasteiger partial charge in [0.25, 0.3) is 0 Å². The lowest BCUT2D eigenvalue weighted by Gasteiger charge is -2.35. The summed E-state index contributed by atoms with van der Waals surface area (Å²) in [6.45, 7) is 9.59. The minimum Gasteiger partial charge on any atom is -0.480 e. The predicted octanol–water partition coefficient (Wildman–Crippen LogP) is 2.91. The van der Waals surface area contributed by atoms with Gasteiger partial charge in [0.15, 0.2) is 0 Å². The van der Waals surface area contributed by atoms with Crippen molar-refractivity contribution in [2.45, 2.75) is 40.2 Å². The molecule has 1 aromatic carbocycles. The lowest BCUT2D eigenvalue weighted by Crippen LogP contribution is -2.48. The third-order valence-electron chi connectivity index (χ3n) is 3.75. The highest BCUT2D eigenvalue weighted by Crippen LogP contribution is 2.29. The molecule has 0 aliphatic carbocycles. The molecule has 0 radical (unpaired) electrons. The molecule has 0 heterocycles. The van der Waals surface area contributed by atoms with E-state index in [2.05, 4.69) is 13.8 Å². The van der Waals surface area contributed by atoms with E-state index in [1.165, 1.54) is 11.1 Å². The molecule has 94 valence electrons. The fourth-order valence-corrected chi connectivity index (χ4v) is 1.75. The summed E-state index contributed by atoms with van der Waals surface area (Å²) >= 11 is 0. The van der Waals surface area contributed by atoms with Crippen LogP contribution in [0.2, 0.25) is 0 Å². The number of hydrogen-bond donors (Lipinski definition) is 1. The average molecular weight is 235 g/mol. The van der Waals surface area contributed by atoms with Gasteiger partial charge in [0.1, 0.15) is 5.54 Å². The number of hydrogen-bond acceptors (Lipinski definition) is 2. The molecule has 0 spiro atoms. The zero-order valence-electron chi connectivity index (χ0n) is 11.5. The molecule has 0 unspecified atom stereocenters. The van der Waals surface area contributed by atoms with Gasteiger partial charge in [-0.15, -0.1) is 0 Å². The van der Waals surface area contributed by atoms with E-state index in [0.29, 0.717) is 0 Å². The molecule has 17 heavy (non-hydrogen) atoms. The Kier molecular flexibility index (Phi) is 3.51. The number of likely N-dealkylation sites (N-methyl/N-ethyl adjacent to an activating group) is 1. The molecule has 0 aliphatic heterocycles. The standard InChI is InChI=1S/C14H21NO2/c1-9-7-8-12(11(3)10(9)2)15(6)14(4,5)13(16)17/h7-8H,1-6H3,(H,16,17). The Morgan fingerprint density at radius 1 is 1.18 bits per heavy atom. The monoisotopic (exact) mass is 235 g/mol. The fourth-order valence-electron chi connectivity index (χ4n) is 1.75. The van der Waals surface area contributed by atoms with Gasteiger partial charge in [0.05, 0.1) is 0 Å². The summed E-state index contributed by atoms with van der Waals surface area (Å²) in [4.78, 5) is 13.1. The van der Waals surface area contributed by atoms with Gasteiger partial charge in [-0.1, -0.05) is 6.07 Å². The number of carboxylic acid groups (broad SMARTS) is 1. The third-order valence-corrected chi connectivity index (χ3v) is 3.75. The Labute approximate surface area is 103 Å². The van der Waals surface area contributed by atoms with E-state index in [1.54, 1.807) is 13.8 Å². The minimum atomic E-state index is -0.910. The second-order valence-electron chi connectivity index (χ2n) is 5.07. The van der Waals surface area contributed by atoms with E-state index in [4.69, 9.17) is 0 Å². The van der Waals surface area contributed by atoms with Crippen LogP contribution < -0.4 is 4.90 Å². The second-order valence-corrected chi connectivity index (χ2v) is 5.07. The number of carboxylic acids is 1. The van der Waals surface area contributed by atoms with Crippen molar-refractivity contribution in [2.75, 3.05) is 11.9 Å². The molecule has 0 aliphatic rings. The lowest BCUT2D eigenvalue weighted by molar-refractivity contribution is -0.142. The zero-order valence-corrected chi connectivity index (χ0v) is 11.5. The van der Waals surface area contributed by atoms with Crippen LogP contribution in [0, 0.1) is 20.8 Å². The van der Waals surface area contributed by atoms with Crippen LogP contribution in [-0.4, -0.2) is 23.7 Å². The normalized spacial score (nSPS) is 11.4. The quantitative estimate of drug-likeness (QED) is 0.875. The molecule has 1 N–H and O–H groups in total. The molecular weight excluding hydrogens is 214 g/mol. The van der Waals surface area contributed by atoms with Crippen LogP contribution in [0.1, 0.15) is 30.5 Å². The predicted molar refractivity (Wildman–Crippen MR) is 70.8 cm³/mol. The van der Waals surface area contributed by atoms with Crippen LogP contribution in [0.4, 0.5) is 5.69 Å². The summed E-state index contributed by atoms with van der Waals surface area (Å²) in [6.07, 6.45) is 0. The molecule has 3 heteroatoms. The van der Waals surface area contributed by atoms with E-state index >= 15 is 0 Å². The van der Waals surface area contributed by atoms with Crippen LogP contribution in [0.25, 0.3) is 0 Å². The van der Waals surface area contributed by atoms with Gasteiger partial charge in [-0.25, -0.2) is 4.79 Å². The fraction of sp³-hybridized carbons (Fsp3) is 0.500. The van der Waals surface area contributed by atoms with Crippen molar-refractivity contribution in [3.8, 4) is 0 Å². The van der Waals surface area contributed by atoms with Crippen molar-refractivity contribution in [3.05, 3.63) is 28.8 Å². The molecule has 0 bridgehead atoms. The van der Waals surface area contributed by atoms with Crippen molar-refractivity contribution in [1.82, 2.24) is 0 Å². The molecule has 1 rings (SSSR count). The van der Waals surface area contributed by atoms with E-state index in [9.17, 15) is 9.90 Å². The maximum atomic E-state index is 11.3. The minimum absolute atomic E-state index is 0.822. The molecule has 0 saturated carbocycles. The molecule has 3 nitrogen and oxygen atoms in total. The molecule has 0 fully saturated rings. The number of nitrogens with zero attached hydrogens (tertiary/aromatic N) is 1. The maximum absolute atomic E-state index is 11.3. The van der Waals surface area contributed by atoms with Gasteiger partial charge in [0.2, 0.25) is 0 Å². The summed E-state index contributed by atoms with van der Waals surface area (Å²) in [7, 11) is 1.82. The number of benzene rings is 1. The van der Waals surface area contributed by atoms with Crippen molar-refractivity contribution in [1.29, 1.82) is 0 Å². The van der Waals surface area contributed by atoms with Gasteiger partial charge < -0.3 is 10.0 Å². The lowest BCUT2D eigenvalue weighted by atomic mass is 9.97. The number of aryl methyl sites for hydroxylation is 1. The topological polar surface area (TPSA) is 40.5 Å². The Morgan fingerprint density at radius 2 is 1.71 bits per heavy atom. The van der Waals surface area contributed by atoms with E-state index < -0.39 is 11.5 Å². The van der Waals surface area contributed by atoms with Gasteiger partial charge in [-0.2, -0.15) is 0 Å². The first-order valence-electron chi connectivity index (χ1n) is 5.73. The van der Waals surface area contributed by atoms with Gasteiger partial charge in [0, 0.05) is 12.7 Å². The number of carbonyl (C=O) groups is 1. The Morgan fingerprint density at radius 3 is 2.18 bits per heavy atom. The van der Waals surface area contributed by atoms with Crippen molar-refractivity contribution in [2.24, 2.45) is 0 Å². The highest BCUT2D eigenvalue weighted by Gasteiger charge is 2.33. The first-order chi connectivity index (χ1) is 7.69. The SMILES string of the molecule is Cc1ccc(N(C)C(C)(C)C(=O)O)c(C)c1C. The maximum Gasteiger partial charge on any atom is 0.328 e. The largest absolute Gasteiger partial charge is 0.480 e. The summed E-state index contributed by atoms with van der Waals surface area (Å²) in [5, 5.41) is 9.25. The Balaban J connectivity index is 3.27. The van der Waals surface area contributed by atoms with Gasteiger partial charge in [-0.3, -0.25) is 0 Å². The van der Waals surface area contributed by atoms with E-state index in [1.807, 2.05) is 31.0 Å². The molecule has 0 atom stereocenters.